The second kappa shape index (κ2) is 7.87. The molecule has 0 fully saturated rings. The summed E-state index contributed by atoms with van der Waals surface area (Å²) in [6, 6.07) is 9.55. The van der Waals surface area contributed by atoms with Crippen LogP contribution in [0.15, 0.2) is 41.8 Å². The highest BCUT2D eigenvalue weighted by Crippen LogP contribution is 2.25. The van der Waals surface area contributed by atoms with Gasteiger partial charge in [0.2, 0.25) is 5.82 Å². The number of carbonyl (C=O) groups excluding carboxylic acids is 2. The highest BCUT2D eigenvalue weighted by molar-refractivity contribution is 7.13. The molecule has 1 N–H and O–H groups in total. The van der Waals surface area contributed by atoms with Crippen LogP contribution in [0.5, 0.6) is 0 Å². The van der Waals surface area contributed by atoms with Gasteiger partial charge < -0.3 is 10.1 Å². The fraction of sp³-hybridized carbons (Fsp3) is 0.176. The molecule has 9 heteroatoms. The number of halogens is 1. The van der Waals surface area contributed by atoms with E-state index in [4.69, 9.17) is 0 Å². The average molecular weight is 374 g/mol. The van der Waals surface area contributed by atoms with Crippen molar-refractivity contribution in [3.63, 3.8) is 0 Å². The quantitative estimate of drug-likeness (QED) is 0.670. The summed E-state index contributed by atoms with van der Waals surface area (Å²) in [5.41, 5.74) is 0.453. The van der Waals surface area contributed by atoms with Gasteiger partial charge in [-0.05, 0) is 29.6 Å². The van der Waals surface area contributed by atoms with E-state index in [1.165, 1.54) is 35.3 Å². The first-order chi connectivity index (χ1) is 12.6. The zero-order valence-corrected chi connectivity index (χ0v) is 14.6. The van der Waals surface area contributed by atoms with Gasteiger partial charge in [-0.2, -0.15) is 0 Å². The molecule has 0 aliphatic heterocycles. The van der Waals surface area contributed by atoms with E-state index in [1.54, 1.807) is 12.1 Å². The maximum atomic E-state index is 13.6. The van der Waals surface area contributed by atoms with Gasteiger partial charge in [0.1, 0.15) is 5.82 Å². The lowest BCUT2D eigenvalue weighted by Gasteiger charge is -2.04. The first-order valence-electron chi connectivity index (χ1n) is 7.70. The zero-order valence-electron chi connectivity index (χ0n) is 13.8. The third kappa shape index (κ3) is 3.94. The Morgan fingerprint density at radius 1 is 1.31 bits per heavy atom. The first kappa shape index (κ1) is 17.7. The molecule has 0 radical (unpaired) electrons. The smallest absolute Gasteiger partial charge is 0.307 e. The summed E-state index contributed by atoms with van der Waals surface area (Å²) < 4.78 is 19.5. The Morgan fingerprint density at radius 3 is 2.85 bits per heavy atom. The molecule has 26 heavy (non-hydrogen) atoms. The van der Waals surface area contributed by atoms with Gasteiger partial charge in [0.15, 0.2) is 5.82 Å². The molecular formula is C17H15FN4O3S. The summed E-state index contributed by atoms with van der Waals surface area (Å²) in [5, 5.41) is 8.65. The fourth-order valence-corrected chi connectivity index (χ4v) is 2.92. The first-order valence-corrected chi connectivity index (χ1v) is 8.58. The largest absolute Gasteiger partial charge is 0.469 e. The number of esters is 1. The maximum Gasteiger partial charge on any atom is 0.307 e. The fourth-order valence-electron chi connectivity index (χ4n) is 2.22. The molecule has 0 aliphatic carbocycles. The number of benzene rings is 1. The molecule has 1 amide bonds. The number of carbonyl (C=O) groups is 2. The van der Waals surface area contributed by atoms with Crippen molar-refractivity contribution in [3.05, 3.63) is 53.4 Å². The Morgan fingerprint density at radius 2 is 2.15 bits per heavy atom. The van der Waals surface area contributed by atoms with Crippen LogP contribution in [0.3, 0.4) is 0 Å². The van der Waals surface area contributed by atoms with E-state index >= 15 is 0 Å². The number of rotatable bonds is 6. The predicted octanol–water partition coefficient (Wildman–Crippen LogP) is 2.43. The topological polar surface area (TPSA) is 86.1 Å². The highest BCUT2D eigenvalue weighted by atomic mass is 32.1. The van der Waals surface area contributed by atoms with E-state index in [0.29, 0.717) is 11.5 Å². The Hall–Kier alpha value is -3.07. The number of nitrogens with one attached hydrogen (secondary N) is 1. The Labute approximate surface area is 152 Å². The zero-order chi connectivity index (χ0) is 18.5. The van der Waals surface area contributed by atoms with Crippen LogP contribution in [0.25, 0.3) is 16.4 Å². The summed E-state index contributed by atoms with van der Waals surface area (Å²) in [4.78, 5) is 28.5. The lowest BCUT2D eigenvalue weighted by atomic mass is 10.3. The lowest BCUT2D eigenvalue weighted by molar-refractivity contribution is -0.140. The van der Waals surface area contributed by atoms with Crippen molar-refractivity contribution in [1.29, 1.82) is 0 Å². The molecule has 0 spiro atoms. The van der Waals surface area contributed by atoms with Crippen LogP contribution in [0.4, 0.5) is 4.39 Å². The monoisotopic (exact) mass is 374 g/mol. The van der Waals surface area contributed by atoms with E-state index in [9.17, 15) is 14.0 Å². The van der Waals surface area contributed by atoms with Gasteiger partial charge in [-0.15, -0.1) is 16.4 Å². The van der Waals surface area contributed by atoms with Gasteiger partial charge in [0, 0.05) is 6.54 Å². The number of aromatic nitrogens is 3. The van der Waals surface area contributed by atoms with Crippen molar-refractivity contribution in [2.75, 3.05) is 13.7 Å². The van der Waals surface area contributed by atoms with Crippen molar-refractivity contribution in [3.8, 4) is 16.4 Å². The van der Waals surface area contributed by atoms with Gasteiger partial charge in [-0.1, -0.05) is 12.1 Å². The van der Waals surface area contributed by atoms with E-state index in [1.807, 2.05) is 17.5 Å². The molecule has 0 saturated heterocycles. The minimum atomic E-state index is -0.526. The van der Waals surface area contributed by atoms with Gasteiger partial charge in [-0.25, -0.2) is 14.1 Å². The Bertz CT molecular complexity index is 924. The number of thiophene rings is 1. The van der Waals surface area contributed by atoms with Crippen molar-refractivity contribution in [2.24, 2.45) is 0 Å². The van der Waals surface area contributed by atoms with Crippen molar-refractivity contribution >= 4 is 23.2 Å². The van der Waals surface area contributed by atoms with E-state index in [-0.39, 0.29) is 18.8 Å². The SMILES string of the molecule is COC(=O)CCNC(=O)c1nc(-c2cccs2)n(-c2cccc(F)c2)n1. The molecule has 2 aromatic heterocycles. The molecule has 3 aromatic rings. The Balaban J connectivity index is 1.89. The van der Waals surface area contributed by atoms with E-state index in [2.05, 4.69) is 20.1 Å². The number of methoxy groups -OCH3 is 1. The van der Waals surface area contributed by atoms with E-state index in [0.717, 1.165) is 4.88 Å². The molecule has 7 nitrogen and oxygen atoms in total. The molecule has 0 saturated carbocycles. The molecule has 0 bridgehead atoms. The molecule has 0 atom stereocenters. The molecule has 3 rings (SSSR count). The third-order valence-electron chi connectivity index (χ3n) is 3.45. The van der Waals surface area contributed by atoms with Crippen LogP contribution in [0, 0.1) is 5.82 Å². The summed E-state index contributed by atoms with van der Waals surface area (Å²) in [7, 11) is 1.28. The second-order valence-electron chi connectivity index (χ2n) is 5.21. The average Bonchev–Trinajstić information content (AvgIpc) is 3.30. The minimum Gasteiger partial charge on any atom is -0.469 e. The molecular weight excluding hydrogens is 359 g/mol. The van der Waals surface area contributed by atoms with Crippen molar-refractivity contribution in [2.45, 2.75) is 6.42 Å². The van der Waals surface area contributed by atoms with Crippen molar-refractivity contribution in [1.82, 2.24) is 20.1 Å². The standard InChI is InChI=1S/C17H15FN4O3S/c1-25-14(23)7-8-19-17(24)15-20-16(13-6-3-9-26-13)22(21-15)12-5-2-4-11(18)10-12/h2-6,9-10H,7-8H2,1H3,(H,19,24). The van der Waals surface area contributed by atoms with Gasteiger partial charge >= 0.3 is 5.97 Å². The number of hydrogen-bond acceptors (Lipinski definition) is 6. The van der Waals surface area contributed by atoms with Crippen LogP contribution in [-0.2, 0) is 9.53 Å². The molecule has 2 heterocycles. The normalized spacial score (nSPS) is 10.5. The number of ether oxygens (including phenoxy) is 1. The number of hydrogen-bond donors (Lipinski definition) is 1. The van der Waals surface area contributed by atoms with Crippen molar-refractivity contribution < 1.29 is 18.7 Å². The van der Waals surface area contributed by atoms with Gasteiger partial charge in [0.05, 0.1) is 24.1 Å². The third-order valence-corrected chi connectivity index (χ3v) is 4.31. The lowest BCUT2D eigenvalue weighted by Crippen LogP contribution is -2.27. The number of nitrogens with zero attached hydrogens (tertiary/aromatic N) is 3. The van der Waals surface area contributed by atoms with Crippen LogP contribution >= 0.6 is 11.3 Å². The maximum absolute atomic E-state index is 13.6. The van der Waals surface area contributed by atoms with Crippen LogP contribution < -0.4 is 5.32 Å². The summed E-state index contributed by atoms with van der Waals surface area (Å²) >= 11 is 1.43. The van der Waals surface area contributed by atoms with E-state index < -0.39 is 17.7 Å². The van der Waals surface area contributed by atoms with Crippen LogP contribution in [-0.4, -0.2) is 40.3 Å². The van der Waals surface area contributed by atoms with Gasteiger partial charge in [0.25, 0.3) is 5.91 Å². The minimum absolute atomic E-state index is 0.0463. The second-order valence-corrected chi connectivity index (χ2v) is 6.16. The van der Waals surface area contributed by atoms with Gasteiger partial charge in [-0.3, -0.25) is 9.59 Å². The molecule has 1 aromatic carbocycles. The summed E-state index contributed by atoms with van der Waals surface area (Å²) in [6.45, 7) is 0.106. The highest BCUT2D eigenvalue weighted by Gasteiger charge is 2.19. The summed E-state index contributed by atoms with van der Waals surface area (Å²) in [6.07, 6.45) is 0.0463. The summed E-state index contributed by atoms with van der Waals surface area (Å²) in [5.74, 6) is -1.00. The van der Waals surface area contributed by atoms with Crippen LogP contribution in [0.2, 0.25) is 0 Å². The number of amides is 1. The Kier molecular flexibility index (Phi) is 5.37. The van der Waals surface area contributed by atoms with Crippen LogP contribution in [0.1, 0.15) is 17.0 Å². The molecule has 0 aliphatic rings. The predicted molar refractivity (Wildman–Crippen MR) is 93.6 cm³/mol. The molecule has 134 valence electrons. The molecule has 0 unspecified atom stereocenters.